The third kappa shape index (κ3) is 20.3. The Labute approximate surface area is 730 Å². The number of amides is 8. The molecule has 660 valence electrons. The molecule has 28 heteroatoms. The lowest BCUT2D eigenvalue weighted by Crippen LogP contribution is -2.45. The molecule has 12 heterocycles. The van der Waals surface area contributed by atoms with Crippen LogP contribution in [0.15, 0.2) is 164 Å². The zero-order valence-electron chi connectivity index (χ0n) is 72.3. The Morgan fingerprint density at radius 1 is 0.286 bits per heavy atom. The Balaban J connectivity index is 0.000000119. The molecule has 0 saturated carbocycles. The molecule has 0 spiro atoms. The molecule has 0 aliphatic carbocycles. The minimum Gasteiger partial charge on any atom is -0.494 e. The van der Waals surface area contributed by atoms with Crippen LogP contribution in [-0.4, -0.2) is 272 Å². The monoisotopic (exact) mass is 1710 g/mol. The van der Waals surface area contributed by atoms with Gasteiger partial charge in [0.2, 0.25) is 47.3 Å². The lowest BCUT2D eigenvalue weighted by molar-refractivity contribution is -0.135. The van der Waals surface area contributed by atoms with Crippen molar-refractivity contribution in [1.82, 2.24) is 60.5 Å². The first-order chi connectivity index (χ1) is 61.3. The van der Waals surface area contributed by atoms with Crippen molar-refractivity contribution in [3.63, 3.8) is 0 Å². The van der Waals surface area contributed by atoms with Gasteiger partial charge in [-0.25, -0.2) is 0 Å². The van der Waals surface area contributed by atoms with Gasteiger partial charge >= 0.3 is 0 Å². The van der Waals surface area contributed by atoms with Crippen LogP contribution < -0.4 is 40.2 Å². The van der Waals surface area contributed by atoms with Crippen molar-refractivity contribution in [1.29, 1.82) is 0 Å². The molecule has 4 atom stereocenters. The van der Waals surface area contributed by atoms with E-state index < -0.39 is 0 Å². The average molecular weight is 1710 g/mol. The molecule has 0 unspecified atom stereocenters. The van der Waals surface area contributed by atoms with E-state index in [0.717, 1.165) is 276 Å². The SMILES string of the molecule is CN1CCN(CCCOc2ccc3c(ccc4occ([C@@H]5CCC(=O)NC5=O)c43)c2)CC1.CN1CCN(CCCOc2ccc3c(ccc4occ([C@H]5CCC(=O)NC5=O)c43)c2)CC1.CN1CCN(CCOc2ccc3c(ccc4occ([C@@H]5CCC(=O)NC5=O)c43)c2)CC1.CN1CCN(CCOc2ccc3c(ccc4occ([C@H]5CCC(=O)NC5=O)c43)c2)CC1. The number of fused-ring (bicyclic) bond motifs is 12. The summed E-state index contributed by atoms with van der Waals surface area (Å²) in [7, 11) is 8.66. The number of piperazine rings is 4. The molecular formula is C98H112N12O16. The van der Waals surface area contributed by atoms with E-state index in [0.29, 0.717) is 77.8 Å². The van der Waals surface area contributed by atoms with E-state index in [2.05, 4.69) is 88.7 Å². The van der Waals surface area contributed by atoms with E-state index in [1.165, 1.54) is 0 Å². The molecule has 8 aliphatic heterocycles. The molecule has 0 bridgehead atoms. The third-order valence-corrected chi connectivity index (χ3v) is 26.2. The molecular weight excluding hydrogens is 1600 g/mol. The summed E-state index contributed by atoms with van der Waals surface area (Å²) in [4.78, 5) is 115. The highest BCUT2D eigenvalue weighted by Crippen LogP contribution is 2.43. The van der Waals surface area contributed by atoms with Crippen LogP contribution in [0.2, 0.25) is 0 Å². The smallest absolute Gasteiger partial charge is 0.234 e. The first-order valence-corrected chi connectivity index (χ1v) is 44.6. The van der Waals surface area contributed by atoms with Crippen LogP contribution in [-0.2, 0) is 38.4 Å². The third-order valence-electron chi connectivity index (χ3n) is 26.2. The first kappa shape index (κ1) is 86.5. The molecule has 20 rings (SSSR count). The van der Waals surface area contributed by atoms with Gasteiger partial charge in [-0.15, -0.1) is 0 Å². The minimum atomic E-state index is -0.371. The first-order valence-electron chi connectivity index (χ1n) is 44.6. The number of benzene rings is 8. The van der Waals surface area contributed by atoms with Crippen LogP contribution in [0.4, 0.5) is 0 Å². The van der Waals surface area contributed by atoms with Gasteiger partial charge in [0.25, 0.3) is 0 Å². The maximum absolute atomic E-state index is 12.4. The number of nitrogens with zero attached hydrogens (tertiary/aromatic N) is 8. The van der Waals surface area contributed by atoms with Crippen LogP contribution in [0.5, 0.6) is 23.0 Å². The second-order valence-corrected chi connectivity index (χ2v) is 34.7. The summed E-state index contributed by atoms with van der Waals surface area (Å²) in [5, 5.41) is 21.8. The van der Waals surface area contributed by atoms with E-state index in [-0.39, 0.29) is 70.9 Å². The number of hydrogen-bond acceptors (Lipinski definition) is 24. The molecule has 8 saturated heterocycles. The van der Waals surface area contributed by atoms with Crippen LogP contribution in [0, 0.1) is 0 Å². The van der Waals surface area contributed by atoms with Gasteiger partial charge in [-0.05, 0) is 207 Å². The molecule has 8 aliphatic rings. The van der Waals surface area contributed by atoms with Crippen molar-refractivity contribution in [3.8, 4) is 23.0 Å². The molecule has 12 aromatic rings. The standard InChI is InChI=1S/2C25H29N3O4.2C24H27N3O4/c2*1-27-10-12-28(13-11-27)9-2-14-31-18-4-5-19-17(15-18)3-7-22-24(19)21(16-32-22)20-6-8-23(29)26-25(20)30;2*1-26-8-10-27(11-9-26)12-13-30-17-3-4-18-16(14-17)2-6-21-23(18)20(15-31-21)19-5-7-22(28)25-24(19)29/h2*3-5,7,15-16,20H,2,6,8-14H2,1H3,(H,26,29,30);2*2-4,6,14-15,19H,5,7-13H2,1H3,(H,25,28,29)/t2*20-;2*19-/m1010/s1. The van der Waals surface area contributed by atoms with Crippen LogP contribution in [0.1, 0.15) is 110 Å². The van der Waals surface area contributed by atoms with E-state index >= 15 is 0 Å². The number of nitrogens with one attached hydrogen (secondary N) is 4. The molecule has 8 fully saturated rings. The maximum Gasteiger partial charge on any atom is 0.234 e. The van der Waals surface area contributed by atoms with Crippen molar-refractivity contribution >= 4 is 134 Å². The molecule has 28 nitrogen and oxygen atoms in total. The predicted molar refractivity (Wildman–Crippen MR) is 482 cm³/mol. The quantitative estimate of drug-likeness (QED) is 0.0362. The van der Waals surface area contributed by atoms with Crippen molar-refractivity contribution in [2.45, 2.75) is 87.9 Å². The fraction of sp³-hybridized carbons (Fsp3) is 0.429. The van der Waals surface area contributed by atoms with Crippen molar-refractivity contribution in [2.75, 3.05) is 186 Å². The Morgan fingerprint density at radius 3 is 0.754 bits per heavy atom. The number of ether oxygens (including phenoxy) is 4. The van der Waals surface area contributed by atoms with Crippen LogP contribution >= 0.6 is 0 Å². The fourth-order valence-corrected chi connectivity index (χ4v) is 18.7. The van der Waals surface area contributed by atoms with Gasteiger partial charge in [0.1, 0.15) is 58.5 Å². The highest BCUT2D eigenvalue weighted by molar-refractivity contribution is 6.15. The number of carbonyl (C=O) groups excluding carboxylic acids is 8. The maximum atomic E-state index is 12.4. The van der Waals surface area contributed by atoms with Gasteiger partial charge in [0.15, 0.2) is 0 Å². The van der Waals surface area contributed by atoms with Gasteiger partial charge in [-0.3, -0.25) is 69.4 Å². The summed E-state index contributed by atoms with van der Waals surface area (Å²) in [6, 6.07) is 40.1. The van der Waals surface area contributed by atoms with Crippen LogP contribution in [0.3, 0.4) is 0 Å². The molecule has 0 radical (unpaired) electrons. The lowest BCUT2D eigenvalue weighted by Gasteiger charge is -2.32. The van der Waals surface area contributed by atoms with E-state index in [1.807, 2.05) is 121 Å². The topological polar surface area (TPSA) is 300 Å². The van der Waals surface area contributed by atoms with Gasteiger partial charge in [0, 0.05) is 200 Å². The molecule has 8 amide bonds. The van der Waals surface area contributed by atoms with Gasteiger partial charge in [0.05, 0.1) is 61.9 Å². The summed E-state index contributed by atoms with van der Waals surface area (Å²) in [6.45, 7) is 24.4. The predicted octanol–water partition coefficient (Wildman–Crippen LogP) is 11.7. The fourth-order valence-electron chi connectivity index (χ4n) is 18.7. The number of carbonyl (C=O) groups is 8. The zero-order chi connectivity index (χ0) is 86.9. The Morgan fingerprint density at radius 2 is 0.516 bits per heavy atom. The summed E-state index contributed by atoms with van der Waals surface area (Å²) in [6.07, 6.45) is 12.0. The highest BCUT2D eigenvalue weighted by Gasteiger charge is 2.36. The molecule has 126 heavy (non-hydrogen) atoms. The Hall–Kier alpha value is -11.6. The second kappa shape index (κ2) is 39.5. The van der Waals surface area contributed by atoms with Gasteiger partial charge in [-0.2, -0.15) is 0 Å². The number of hydrogen-bond donors (Lipinski definition) is 4. The number of rotatable bonds is 22. The number of imide groups is 4. The van der Waals surface area contributed by atoms with Crippen LogP contribution in [0.25, 0.3) is 87.0 Å². The summed E-state index contributed by atoms with van der Waals surface area (Å²) >= 11 is 0. The molecule has 4 N–H and O–H groups in total. The average Bonchev–Trinajstić information content (AvgIpc) is 1.60. The molecule has 8 aromatic carbocycles. The number of furan rings is 4. The van der Waals surface area contributed by atoms with Crippen molar-refractivity contribution in [2.24, 2.45) is 0 Å². The van der Waals surface area contributed by atoms with Crippen molar-refractivity contribution in [3.05, 3.63) is 169 Å². The lowest BCUT2D eigenvalue weighted by atomic mass is 9.89. The second-order valence-electron chi connectivity index (χ2n) is 34.7. The number of likely N-dealkylation sites (N-methyl/N-ethyl adjacent to an activating group) is 4. The number of piperidine rings is 4. The molecule has 4 aromatic heterocycles. The summed E-state index contributed by atoms with van der Waals surface area (Å²) in [5.74, 6) is 0.0539. The van der Waals surface area contributed by atoms with E-state index in [1.54, 1.807) is 25.1 Å². The zero-order valence-corrected chi connectivity index (χ0v) is 72.3. The van der Waals surface area contributed by atoms with Gasteiger partial charge in [-0.1, -0.05) is 24.3 Å². The van der Waals surface area contributed by atoms with Crippen molar-refractivity contribution < 1.29 is 75.0 Å². The van der Waals surface area contributed by atoms with Gasteiger partial charge < -0.3 is 66.0 Å². The highest BCUT2D eigenvalue weighted by atomic mass is 16.5. The Kier molecular flexibility index (Phi) is 27.1. The summed E-state index contributed by atoms with van der Waals surface area (Å²) in [5.41, 5.74) is 6.36. The largest absolute Gasteiger partial charge is 0.494 e. The van der Waals surface area contributed by atoms with E-state index in [4.69, 9.17) is 36.6 Å². The minimum absolute atomic E-state index is 0.210. The normalized spacial score (nSPS) is 20.9. The summed E-state index contributed by atoms with van der Waals surface area (Å²) < 4.78 is 47.1. The Bertz CT molecular complexity index is 5640. The van der Waals surface area contributed by atoms with E-state index in [9.17, 15) is 38.4 Å².